The van der Waals surface area contributed by atoms with Gasteiger partial charge in [-0.2, -0.15) is 0 Å². The third kappa shape index (κ3) is 2.67. The number of hydrogen-bond acceptors (Lipinski definition) is 4. The van der Waals surface area contributed by atoms with Crippen LogP contribution in [0.4, 0.5) is 0 Å². The molecule has 0 saturated carbocycles. The number of carbonyl (C=O) groups excluding carboxylic acids is 1. The van der Waals surface area contributed by atoms with Gasteiger partial charge in [0, 0.05) is 5.56 Å². The summed E-state index contributed by atoms with van der Waals surface area (Å²) in [5.74, 6) is 0.620. The van der Waals surface area contributed by atoms with E-state index in [1.807, 2.05) is 42.5 Å². The molecule has 3 aromatic rings. The lowest BCUT2D eigenvalue weighted by molar-refractivity contribution is 0.103. The lowest BCUT2D eigenvalue weighted by Crippen LogP contribution is -2.01. The van der Waals surface area contributed by atoms with Gasteiger partial charge in [0.15, 0.2) is 5.69 Å². The molecule has 0 bridgehead atoms. The molecule has 0 spiro atoms. The quantitative estimate of drug-likeness (QED) is 0.688. The highest BCUT2D eigenvalue weighted by Gasteiger charge is 2.13. The van der Waals surface area contributed by atoms with Crippen molar-refractivity contribution in [3.05, 3.63) is 72.1 Å². The largest absolute Gasteiger partial charge is 0.497 e. The molecule has 5 heteroatoms. The Balaban J connectivity index is 1.87. The predicted molar refractivity (Wildman–Crippen MR) is 77.8 cm³/mol. The molecule has 0 saturated heterocycles. The normalized spacial score (nSPS) is 10.3. The van der Waals surface area contributed by atoms with E-state index in [9.17, 15) is 4.79 Å². The molecule has 5 nitrogen and oxygen atoms in total. The van der Waals surface area contributed by atoms with Crippen molar-refractivity contribution in [2.75, 3.05) is 7.11 Å². The minimum Gasteiger partial charge on any atom is -0.497 e. The van der Waals surface area contributed by atoms with Crippen LogP contribution in [0.5, 0.6) is 5.75 Å². The predicted octanol–water partition coefficient (Wildman–Crippen LogP) is 2.51. The number of carbonyl (C=O) groups is 1. The van der Waals surface area contributed by atoms with Crippen LogP contribution in [0.25, 0.3) is 5.69 Å². The van der Waals surface area contributed by atoms with Crippen LogP contribution in [0.1, 0.15) is 16.1 Å². The highest BCUT2D eigenvalue weighted by molar-refractivity contribution is 6.07. The molecular weight excluding hydrogens is 266 g/mol. The van der Waals surface area contributed by atoms with E-state index >= 15 is 0 Å². The van der Waals surface area contributed by atoms with E-state index in [4.69, 9.17) is 4.74 Å². The Hall–Kier alpha value is -2.95. The van der Waals surface area contributed by atoms with E-state index in [1.165, 1.54) is 0 Å². The Kier molecular flexibility index (Phi) is 3.47. The Bertz CT molecular complexity index is 749. The molecule has 0 fully saturated rings. The van der Waals surface area contributed by atoms with Crippen LogP contribution in [0.15, 0.2) is 60.8 Å². The number of methoxy groups -OCH3 is 1. The summed E-state index contributed by atoms with van der Waals surface area (Å²) in [6.45, 7) is 0. The molecule has 0 aliphatic heterocycles. The molecule has 1 heterocycles. The highest BCUT2D eigenvalue weighted by Crippen LogP contribution is 2.15. The first-order valence-electron chi connectivity index (χ1n) is 6.44. The second kappa shape index (κ2) is 5.58. The minimum absolute atomic E-state index is 0.143. The standard InChI is InChI=1S/C16H13N3O2/c1-21-14-9-7-13(8-10-14)19-11-15(17-18-19)16(20)12-5-3-2-4-6-12/h2-11H,1H3. The van der Waals surface area contributed by atoms with Crippen LogP contribution in [-0.2, 0) is 0 Å². The molecule has 0 unspecified atom stereocenters. The van der Waals surface area contributed by atoms with Crippen molar-refractivity contribution in [1.29, 1.82) is 0 Å². The molecule has 0 amide bonds. The van der Waals surface area contributed by atoms with Gasteiger partial charge in [-0.25, -0.2) is 4.68 Å². The zero-order valence-electron chi connectivity index (χ0n) is 11.4. The van der Waals surface area contributed by atoms with Crippen molar-refractivity contribution >= 4 is 5.78 Å². The number of aromatic nitrogens is 3. The van der Waals surface area contributed by atoms with E-state index in [1.54, 1.807) is 30.1 Å². The number of benzene rings is 2. The summed E-state index contributed by atoms with van der Waals surface area (Å²) in [6, 6.07) is 16.4. The summed E-state index contributed by atoms with van der Waals surface area (Å²) in [5, 5.41) is 7.94. The molecule has 0 aliphatic carbocycles. The first-order chi connectivity index (χ1) is 10.3. The maximum absolute atomic E-state index is 12.3. The lowest BCUT2D eigenvalue weighted by Gasteiger charge is -2.02. The first-order valence-corrected chi connectivity index (χ1v) is 6.44. The fourth-order valence-electron chi connectivity index (χ4n) is 1.97. The second-order valence-electron chi connectivity index (χ2n) is 4.44. The summed E-state index contributed by atoms with van der Waals surface area (Å²) in [4.78, 5) is 12.3. The van der Waals surface area contributed by atoms with Crippen LogP contribution in [0.3, 0.4) is 0 Å². The second-order valence-corrected chi connectivity index (χ2v) is 4.44. The van der Waals surface area contributed by atoms with E-state index in [-0.39, 0.29) is 5.78 Å². The highest BCUT2D eigenvalue weighted by atomic mass is 16.5. The number of ether oxygens (including phenoxy) is 1. The molecule has 0 aliphatic rings. The zero-order chi connectivity index (χ0) is 14.7. The molecule has 3 rings (SSSR count). The van der Waals surface area contributed by atoms with Gasteiger partial charge in [-0.3, -0.25) is 4.79 Å². The summed E-state index contributed by atoms with van der Waals surface area (Å²) in [5.41, 5.74) is 1.73. The SMILES string of the molecule is COc1ccc(-n2cc(C(=O)c3ccccc3)nn2)cc1. The molecule has 0 N–H and O–H groups in total. The minimum atomic E-state index is -0.143. The van der Waals surface area contributed by atoms with Crippen molar-refractivity contribution in [1.82, 2.24) is 15.0 Å². The summed E-state index contributed by atoms with van der Waals surface area (Å²) in [7, 11) is 1.61. The lowest BCUT2D eigenvalue weighted by atomic mass is 10.1. The third-order valence-corrected chi connectivity index (χ3v) is 3.10. The number of nitrogens with zero attached hydrogens (tertiary/aromatic N) is 3. The summed E-state index contributed by atoms with van der Waals surface area (Å²) in [6.07, 6.45) is 1.62. The Morgan fingerprint density at radius 2 is 1.76 bits per heavy atom. The molecule has 104 valence electrons. The van der Waals surface area contributed by atoms with Gasteiger partial charge in [0.1, 0.15) is 5.75 Å². The molecular formula is C16H13N3O2. The Morgan fingerprint density at radius 1 is 1.05 bits per heavy atom. The maximum atomic E-state index is 12.3. The van der Waals surface area contributed by atoms with E-state index < -0.39 is 0 Å². The third-order valence-electron chi connectivity index (χ3n) is 3.10. The summed E-state index contributed by atoms with van der Waals surface area (Å²) < 4.78 is 6.67. The van der Waals surface area contributed by atoms with Crippen molar-refractivity contribution < 1.29 is 9.53 Å². The van der Waals surface area contributed by atoms with Gasteiger partial charge in [-0.15, -0.1) is 5.10 Å². The Labute approximate surface area is 121 Å². The van der Waals surface area contributed by atoms with Crippen LogP contribution in [-0.4, -0.2) is 27.9 Å². The average Bonchev–Trinajstić information content (AvgIpc) is 3.05. The number of ketones is 1. The maximum Gasteiger partial charge on any atom is 0.214 e. The van der Waals surface area contributed by atoms with Crippen LogP contribution in [0.2, 0.25) is 0 Å². The number of hydrogen-bond donors (Lipinski definition) is 0. The molecule has 21 heavy (non-hydrogen) atoms. The topological polar surface area (TPSA) is 57.0 Å². The fraction of sp³-hybridized carbons (Fsp3) is 0.0625. The fourth-order valence-corrected chi connectivity index (χ4v) is 1.97. The van der Waals surface area contributed by atoms with E-state index in [0.29, 0.717) is 11.3 Å². The van der Waals surface area contributed by atoms with Gasteiger partial charge in [0.25, 0.3) is 0 Å². The van der Waals surface area contributed by atoms with Gasteiger partial charge < -0.3 is 4.74 Å². The van der Waals surface area contributed by atoms with Crippen LogP contribution >= 0.6 is 0 Å². The van der Waals surface area contributed by atoms with Gasteiger partial charge in [-0.05, 0) is 24.3 Å². The Morgan fingerprint density at radius 3 is 2.43 bits per heavy atom. The van der Waals surface area contributed by atoms with Crippen LogP contribution in [0, 0.1) is 0 Å². The van der Waals surface area contributed by atoms with Crippen molar-refractivity contribution in [3.8, 4) is 11.4 Å². The van der Waals surface area contributed by atoms with Gasteiger partial charge in [0.2, 0.25) is 5.78 Å². The van der Waals surface area contributed by atoms with Crippen molar-refractivity contribution in [2.24, 2.45) is 0 Å². The average molecular weight is 279 g/mol. The molecule has 2 aromatic carbocycles. The zero-order valence-corrected chi connectivity index (χ0v) is 11.4. The molecule has 0 radical (unpaired) electrons. The molecule has 1 aromatic heterocycles. The van der Waals surface area contributed by atoms with Gasteiger partial charge in [-0.1, -0.05) is 35.5 Å². The smallest absolute Gasteiger partial charge is 0.214 e. The van der Waals surface area contributed by atoms with Gasteiger partial charge >= 0.3 is 0 Å². The van der Waals surface area contributed by atoms with Gasteiger partial charge in [0.05, 0.1) is 19.0 Å². The molecule has 0 atom stereocenters. The monoisotopic (exact) mass is 279 g/mol. The first kappa shape index (κ1) is 13.1. The van der Waals surface area contributed by atoms with Crippen LogP contribution < -0.4 is 4.74 Å². The number of rotatable bonds is 4. The summed E-state index contributed by atoms with van der Waals surface area (Å²) >= 11 is 0. The van der Waals surface area contributed by atoms with Crippen molar-refractivity contribution in [3.63, 3.8) is 0 Å². The van der Waals surface area contributed by atoms with E-state index in [0.717, 1.165) is 11.4 Å². The van der Waals surface area contributed by atoms with Crippen molar-refractivity contribution in [2.45, 2.75) is 0 Å². The van der Waals surface area contributed by atoms with E-state index in [2.05, 4.69) is 10.3 Å².